The lowest BCUT2D eigenvalue weighted by Crippen LogP contribution is -2.93. The number of hydrogen-bond donors (Lipinski definition) is 0. The van der Waals surface area contributed by atoms with E-state index in [-0.39, 0.29) is 0 Å². The van der Waals surface area contributed by atoms with Crippen LogP contribution >= 0.6 is 0 Å². The molecule has 4 unspecified atom stereocenters. The van der Waals surface area contributed by atoms with Crippen LogP contribution in [0.15, 0.2) is 0 Å². The van der Waals surface area contributed by atoms with Gasteiger partial charge in [0.05, 0.1) is 0 Å². The second-order valence-corrected chi connectivity index (χ2v) is 8.80. The van der Waals surface area contributed by atoms with Crippen LogP contribution in [0.4, 0.5) is 0 Å². The van der Waals surface area contributed by atoms with E-state index in [1.165, 1.54) is 0 Å². The molecule has 0 nitrogen and oxygen atoms in total. The van der Waals surface area contributed by atoms with E-state index in [1.54, 1.807) is 6.42 Å². The molecule has 4 aliphatic rings. The number of fused-ring (bicyclic) bond motifs is 2. The second kappa shape index (κ2) is 2.19. The summed E-state index contributed by atoms with van der Waals surface area (Å²) in [4.78, 5) is 0. The smallest absolute Gasteiger partial charge is 0.0736 e. The highest BCUT2D eigenvalue weighted by atomic mass is 15.0. The molecular weight excluding hydrogens is 190 g/mol. The summed E-state index contributed by atoms with van der Waals surface area (Å²) in [6.45, 7) is 9.91. The molecule has 4 rings (SSSR count). The van der Waals surface area contributed by atoms with Crippen LogP contribution in [0, 0.1) is 46.3 Å². The summed E-state index contributed by atoms with van der Waals surface area (Å²) in [5.74, 6) is 6.79. The Kier molecular flexibility index (Phi) is 1.38. The van der Waals surface area contributed by atoms with Gasteiger partial charge in [0, 0.05) is 0 Å². The molecule has 0 aliphatic heterocycles. The van der Waals surface area contributed by atoms with Gasteiger partial charge in [0.1, 0.15) is 15.7 Å². The van der Waals surface area contributed by atoms with E-state index in [9.17, 15) is 0 Å². The minimum Gasteiger partial charge on any atom is -0.0736 e. The molecule has 4 fully saturated rings. The molecular formula is C14H24B2. The molecule has 0 aromatic heterocycles. The van der Waals surface area contributed by atoms with Gasteiger partial charge >= 0.3 is 0 Å². The van der Waals surface area contributed by atoms with Gasteiger partial charge in [0.2, 0.25) is 0 Å². The van der Waals surface area contributed by atoms with E-state index in [2.05, 4.69) is 43.4 Å². The van der Waals surface area contributed by atoms with Gasteiger partial charge < -0.3 is 0 Å². The van der Waals surface area contributed by atoms with E-state index in [1.807, 2.05) is 0 Å². The van der Waals surface area contributed by atoms with E-state index >= 15 is 0 Å². The van der Waals surface area contributed by atoms with Gasteiger partial charge in [-0.15, -0.1) is 0 Å². The Labute approximate surface area is 102 Å². The fourth-order valence-electron chi connectivity index (χ4n) is 6.87. The van der Waals surface area contributed by atoms with Crippen LogP contribution in [0.5, 0.6) is 0 Å². The van der Waals surface area contributed by atoms with Crippen molar-refractivity contribution in [2.24, 2.45) is 46.3 Å². The first-order valence-electron chi connectivity index (χ1n) is 7.26. The van der Waals surface area contributed by atoms with Crippen molar-refractivity contribution in [2.45, 2.75) is 39.3 Å². The van der Waals surface area contributed by atoms with Crippen LogP contribution in [0.1, 0.15) is 34.1 Å². The third-order valence-electron chi connectivity index (χ3n) is 8.22. The van der Waals surface area contributed by atoms with Crippen molar-refractivity contribution in [1.29, 1.82) is 0 Å². The Bertz CT molecular complexity index is 347. The van der Waals surface area contributed by atoms with Crippen molar-refractivity contribution < 1.29 is 0 Å². The third kappa shape index (κ3) is 0.592. The molecule has 0 saturated heterocycles. The molecule has 4 aliphatic carbocycles. The minimum atomic E-state index is 0.471. The molecule has 4 saturated carbocycles. The fourth-order valence-corrected chi connectivity index (χ4v) is 6.87. The quantitative estimate of drug-likeness (QED) is 0.581. The first-order chi connectivity index (χ1) is 7.26. The summed E-state index contributed by atoms with van der Waals surface area (Å²) in [6.07, 6.45) is 1.59. The van der Waals surface area contributed by atoms with Gasteiger partial charge in [0.25, 0.3) is 0 Å². The van der Waals surface area contributed by atoms with Crippen LogP contribution < -0.4 is 0 Å². The fraction of sp³-hybridized carbons (Fsp3) is 1.00. The van der Waals surface area contributed by atoms with Crippen LogP contribution in [-0.4, -0.2) is 15.7 Å². The zero-order valence-electron chi connectivity index (χ0n) is 11.7. The largest absolute Gasteiger partial charge is 0.101 e. The van der Waals surface area contributed by atoms with Crippen molar-refractivity contribution in [2.75, 3.05) is 0 Å². The van der Waals surface area contributed by atoms with Crippen molar-refractivity contribution >= 4 is 15.7 Å². The maximum absolute atomic E-state index is 2.57. The van der Waals surface area contributed by atoms with E-state index < -0.39 is 0 Å². The molecule has 0 aromatic carbocycles. The molecule has 16 heavy (non-hydrogen) atoms. The van der Waals surface area contributed by atoms with Crippen LogP contribution in [0.3, 0.4) is 0 Å². The normalized spacial score (nSPS) is 61.0. The Hall–Kier alpha value is 0.130. The van der Waals surface area contributed by atoms with Crippen LogP contribution in [-0.2, 0) is 0 Å². The van der Waals surface area contributed by atoms with E-state index in [0.717, 1.165) is 40.9 Å². The van der Waals surface area contributed by atoms with Gasteiger partial charge in [-0.05, 0) is 52.8 Å². The number of hydrogen-bond acceptors (Lipinski definition) is 0. The maximum atomic E-state index is 2.57. The average molecular weight is 214 g/mol. The molecule has 0 radical (unpaired) electrons. The second-order valence-electron chi connectivity index (χ2n) is 8.80. The van der Waals surface area contributed by atoms with Gasteiger partial charge in [-0.1, -0.05) is 32.9 Å². The minimum absolute atomic E-state index is 0.471. The molecule has 0 spiro atoms. The highest BCUT2D eigenvalue weighted by Crippen LogP contribution is 2.97. The molecule has 86 valence electrons. The maximum Gasteiger partial charge on any atom is 0.101 e. The molecule has 4 atom stereocenters. The highest BCUT2D eigenvalue weighted by molar-refractivity contribution is 6.41. The summed E-state index contributed by atoms with van der Waals surface area (Å²) in [5, 5.41) is 0.547. The summed E-state index contributed by atoms with van der Waals surface area (Å²) in [7, 11) is 5.14. The lowest BCUT2D eigenvalue weighted by molar-refractivity contribution is -0.476. The third-order valence-corrected chi connectivity index (χ3v) is 8.22. The zero-order chi connectivity index (χ0) is 11.7. The molecule has 2 heteroatoms. The summed E-state index contributed by atoms with van der Waals surface area (Å²) in [5.41, 5.74) is 1.27. The van der Waals surface area contributed by atoms with Gasteiger partial charge in [-0.25, -0.2) is 0 Å². The Morgan fingerprint density at radius 2 is 1.56 bits per heavy atom. The average Bonchev–Trinajstić information content (AvgIpc) is 2.14. The molecule has 0 bridgehead atoms. The van der Waals surface area contributed by atoms with Crippen LogP contribution in [0.25, 0.3) is 0 Å². The Morgan fingerprint density at radius 1 is 1.06 bits per heavy atom. The highest BCUT2D eigenvalue weighted by Gasteiger charge is 2.92. The Balaban J connectivity index is 1.74. The topological polar surface area (TPSA) is 0 Å². The number of rotatable bonds is 1. The van der Waals surface area contributed by atoms with Crippen molar-refractivity contribution in [3.63, 3.8) is 0 Å². The standard InChI is InChI=1S/C14H24B2/c1-6-9-7-5-8-10(6)11(9)13(7,8)14(15,16)12(2,3)4/h6-11H,5,15-16H2,1-4H3. The monoisotopic (exact) mass is 214 g/mol. The molecule has 0 N–H and O–H groups in total. The Morgan fingerprint density at radius 3 is 1.94 bits per heavy atom. The lowest BCUT2D eigenvalue weighted by atomic mass is 9.03. The van der Waals surface area contributed by atoms with Crippen LogP contribution in [0.2, 0.25) is 5.21 Å². The summed E-state index contributed by atoms with van der Waals surface area (Å²) in [6, 6.07) is 0. The molecule has 0 amide bonds. The van der Waals surface area contributed by atoms with Gasteiger partial charge in [0.15, 0.2) is 0 Å². The zero-order valence-corrected chi connectivity index (χ0v) is 11.7. The predicted molar refractivity (Wildman–Crippen MR) is 72.9 cm³/mol. The molecule has 0 heterocycles. The lowest BCUT2D eigenvalue weighted by Gasteiger charge is -2.98. The van der Waals surface area contributed by atoms with E-state index in [4.69, 9.17) is 0 Å². The SMILES string of the molecule is BC(B)(C(C)(C)C)C12C3CC1C1C(C)C3C12. The van der Waals surface area contributed by atoms with Crippen molar-refractivity contribution in [3.05, 3.63) is 0 Å². The van der Waals surface area contributed by atoms with E-state index in [0.29, 0.717) is 10.6 Å². The van der Waals surface area contributed by atoms with Gasteiger partial charge in [-0.2, -0.15) is 0 Å². The van der Waals surface area contributed by atoms with Gasteiger partial charge in [-0.3, -0.25) is 0 Å². The summed E-state index contributed by atoms with van der Waals surface area (Å²) < 4.78 is 0. The molecule has 0 aromatic rings. The van der Waals surface area contributed by atoms with Crippen molar-refractivity contribution in [3.8, 4) is 0 Å². The van der Waals surface area contributed by atoms with Crippen molar-refractivity contribution in [1.82, 2.24) is 0 Å². The first kappa shape index (κ1) is 10.1. The summed E-state index contributed by atoms with van der Waals surface area (Å²) >= 11 is 0. The first-order valence-corrected chi connectivity index (χ1v) is 7.26. The predicted octanol–water partition coefficient (Wildman–Crippen LogP) is 1.56.